The highest BCUT2D eigenvalue weighted by atomic mass is 16.7. The molecule has 0 saturated heterocycles. The second kappa shape index (κ2) is 7.79. The van der Waals surface area contributed by atoms with Gasteiger partial charge in [-0.3, -0.25) is 0 Å². The third-order valence-electron chi connectivity index (χ3n) is 2.96. The van der Waals surface area contributed by atoms with Crippen molar-refractivity contribution in [3.05, 3.63) is 0 Å². The van der Waals surface area contributed by atoms with Gasteiger partial charge in [-0.1, -0.05) is 0 Å². The highest BCUT2D eigenvalue weighted by Crippen LogP contribution is 2.22. The molecule has 1 aliphatic carbocycles. The van der Waals surface area contributed by atoms with Gasteiger partial charge in [-0.25, -0.2) is 9.59 Å². The first kappa shape index (κ1) is 14.6. The fourth-order valence-electron chi connectivity index (χ4n) is 2.04. The van der Waals surface area contributed by atoms with E-state index in [1.807, 2.05) is 0 Å². The first-order chi connectivity index (χ1) is 8.65. The smallest absolute Gasteiger partial charge is 0.438 e. The lowest BCUT2D eigenvalue weighted by Crippen LogP contribution is -2.24. The molecule has 6 heteroatoms. The van der Waals surface area contributed by atoms with Crippen LogP contribution in [0.3, 0.4) is 0 Å². The lowest BCUT2D eigenvalue weighted by atomic mass is 9.96. The summed E-state index contributed by atoms with van der Waals surface area (Å²) in [6, 6.07) is 0. The summed E-state index contributed by atoms with van der Waals surface area (Å²) in [5, 5.41) is 0. The van der Waals surface area contributed by atoms with E-state index < -0.39 is 12.3 Å². The zero-order chi connectivity index (χ0) is 13.4. The number of rotatable bonds is 2. The van der Waals surface area contributed by atoms with E-state index in [0.717, 1.165) is 38.5 Å². The molecule has 6 nitrogen and oxygen atoms in total. The normalized spacial score (nSPS) is 24.3. The van der Waals surface area contributed by atoms with E-state index in [1.54, 1.807) is 0 Å². The Bertz CT molecular complexity index is 242. The number of hydrogen-bond donors (Lipinski definition) is 0. The van der Waals surface area contributed by atoms with Crippen LogP contribution in [0.25, 0.3) is 0 Å². The predicted molar refractivity (Wildman–Crippen MR) is 62.3 cm³/mol. The Morgan fingerprint density at radius 3 is 1.39 bits per heavy atom. The minimum atomic E-state index is -0.636. The average molecular weight is 260 g/mol. The molecule has 0 N–H and O–H groups in total. The van der Waals surface area contributed by atoms with E-state index in [0.29, 0.717) is 0 Å². The predicted octanol–water partition coefficient (Wildman–Crippen LogP) is 2.64. The van der Waals surface area contributed by atoms with Crippen molar-refractivity contribution >= 4 is 12.3 Å². The molecule has 0 aromatic carbocycles. The summed E-state index contributed by atoms with van der Waals surface area (Å²) in [6.45, 7) is 0. The van der Waals surface area contributed by atoms with Crippen LogP contribution in [-0.4, -0.2) is 38.7 Å². The molecule has 0 aliphatic heterocycles. The lowest BCUT2D eigenvalue weighted by Gasteiger charge is -2.23. The molecule has 18 heavy (non-hydrogen) atoms. The SMILES string of the molecule is COC(=O)OC1CCCC(OC(=O)OC)CCC1. The molecule has 0 atom stereocenters. The lowest BCUT2D eigenvalue weighted by molar-refractivity contribution is 0.00719. The van der Waals surface area contributed by atoms with Crippen molar-refractivity contribution < 1.29 is 28.5 Å². The fraction of sp³-hybridized carbons (Fsp3) is 0.833. The molecule has 1 rings (SSSR count). The first-order valence-electron chi connectivity index (χ1n) is 6.15. The van der Waals surface area contributed by atoms with Gasteiger partial charge in [-0.05, 0) is 38.5 Å². The monoisotopic (exact) mass is 260 g/mol. The van der Waals surface area contributed by atoms with E-state index in [-0.39, 0.29) is 12.2 Å². The molecule has 0 spiro atoms. The quantitative estimate of drug-likeness (QED) is 0.711. The summed E-state index contributed by atoms with van der Waals surface area (Å²) in [6.07, 6.45) is 3.24. The minimum Gasteiger partial charge on any atom is -0.438 e. The van der Waals surface area contributed by atoms with Crippen molar-refractivity contribution in [3.63, 3.8) is 0 Å². The van der Waals surface area contributed by atoms with E-state index >= 15 is 0 Å². The molecule has 0 amide bonds. The summed E-state index contributed by atoms with van der Waals surface area (Å²) in [5.41, 5.74) is 0. The van der Waals surface area contributed by atoms with Crippen molar-refractivity contribution in [2.45, 2.75) is 50.7 Å². The van der Waals surface area contributed by atoms with Gasteiger partial charge in [0, 0.05) is 0 Å². The van der Waals surface area contributed by atoms with Crippen molar-refractivity contribution in [2.75, 3.05) is 14.2 Å². The van der Waals surface area contributed by atoms with E-state index in [4.69, 9.17) is 9.47 Å². The van der Waals surface area contributed by atoms with Gasteiger partial charge in [0.05, 0.1) is 14.2 Å². The molecule has 0 radical (unpaired) electrons. The maximum absolute atomic E-state index is 11.0. The summed E-state index contributed by atoms with van der Waals surface area (Å²) in [7, 11) is 2.59. The van der Waals surface area contributed by atoms with Gasteiger partial charge in [0.1, 0.15) is 12.2 Å². The van der Waals surface area contributed by atoms with Crippen LogP contribution in [0, 0.1) is 0 Å². The summed E-state index contributed by atoms with van der Waals surface area (Å²) in [4.78, 5) is 22.0. The molecule has 1 saturated carbocycles. The van der Waals surface area contributed by atoms with Gasteiger partial charge in [0.25, 0.3) is 0 Å². The summed E-state index contributed by atoms with van der Waals surface area (Å²) in [5.74, 6) is 0. The van der Waals surface area contributed by atoms with Crippen molar-refractivity contribution in [3.8, 4) is 0 Å². The van der Waals surface area contributed by atoms with Crippen LogP contribution in [-0.2, 0) is 18.9 Å². The molecule has 1 aliphatic rings. The van der Waals surface area contributed by atoms with Crippen LogP contribution in [0.2, 0.25) is 0 Å². The molecule has 0 heterocycles. The molecule has 0 bridgehead atoms. The first-order valence-corrected chi connectivity index (χ1v) is 6.15. The van der Waals surface area contributed by atoms with Crippen molar-refractivity contribution in [1.29, 1.82) is 0 Å². The highest BCUT2D eigenvalue weighted by molar-refractivity contribution is 5.60. The molecular formula is C12H20O6. The molecule has 104 valence electrons. The van der Waals surface area contributed by atoms with Gasteiger partial charge in [-0.15, -0.1) is 0 Å². The zero-order valence-electron chi connectivity index (χ0n) is 10.8. The summed E-state index contributed by atoms with van der Waals surface area (Å²) < 4.78 is 19.2. The van der Waals surface area contributed by atoms with Gasteiger partial charge in [0.2, 0.25) is 0 Å². The zero-order valence-corrected chi connectivity index (χ0v) is 10.8. The maximum atomic E-state index is 11.0. The Balaban J connectivity index is 2.31. The van der Waals surface area contributed by atoms with Crippen LogP contribution in [0.1, 0.15) is 38.5 Å². The Labute approximate surface area is 107 Å². The van der Waals surface area contributed by atoms with Gasteiger partial charge >= 0.3 is 12.3 Å². The number of hydrogen-bond acceptors (Lipinski definition) is 6. The van der Waals surface area contributed by atoms with Crippen LogP contribution in [0.4, 0.5) is 9.59 Å². The van der Waals surface area contributed by atoms with E-state index in [1.165, 1.54) is 14.2 Å². The second-order valence-corrected chi connectivity index (χ2v) is 4.25. The van der Waals surface area contributed by atoms with E-state index in [9.17, 15) is 9.59 Å². The third-order valence-corrected chi connectivity index (χ3v) is 2.96. The molecule has 0 unspecified atom stereocenters. The van der Waals surface area contributed by atoms with Crippen LogP contribution < -0.4 is 0 Å². The van der Waals surface area contributed by atoms with E-state index in [2.05, 4.69) is 9.47 Å². The largest absolute Gasteiger partial charge is 0.508 e. The Morgan fingerprint density at radius 1 is 0.778 bits per heavy atom. The standard InChI is InChI=1S/C12H20O6/c1-15-11(13)17-9-5-3-7-10(8-4-6-9)18-12(14)16-2/h9-10H,3-8H2,1-2H3. The molecule has 1 fully saturated rings. The molecule has 0 aromatic heterocycles. The third kappa shape index (κ3) is 5.25. The number of carbonyl (C=O) groups is 2. The van der Waals surface area contributed by atoms with Crippen molar-refractivity contribution in [2.24, 2.45) is 0 Å². The van der Waals surface area contributed by atoms with Gasteiger partial charge in [-0.2, -0.15) is 0 Å². The second-order valence-electron chi connectivity index (χ2n) is 4.25. The fourth-order valence-corrected chi connectivity index (χ4v) is 2.04. The maximum Gasteiger partial charge on any atom is 0.508 e. The Morgan fingerprint density at radius 2 is 1.11 bits per heavy atom. The van der Waals surface area contributed by atoms with Crippen LogP contribution in [0.15, 0.2) is 0 Å². The van der Waals surface area contributed by atoms with Crippen molar-refractivity contribution in [1.82, 2.24) is 0 Å². The van der Waals surface area contributed by atoms with Crippen LogP contribution >= 0.6 is 0 Å². The topological polar surface area (TPSA) is 71.1 Å². The average Bonchev–Trinajstić information content (AvgIpc) is 2.34. The Kier molecular flexibility index (Phi) is 6.32. The number of methoxy groups -OCH3 is 2. The number of ether oxygens (including phenoxy) is 4. The van der Waals surface area contributed by atoms with Crippen LogP contribution in [0.5, 0.6) is 0 Å². The van der Waals surface area contributed by atoms with Gasteiger partial charge in [0.15, 0.2) is 0 Å². The molecular weight excluding hydrogens is 240 g/mol. The Hall–Kier alpha value is -1.46. The number of carbonyl (C=O) groups excluding carboxylic acids is 2. The minimum absolute atomic E-state index is 0.100. The highest BCUT2D eigenvalue weighted by Gasteiger charge is 2.22. The summed E-state index contributed by atoms with van der Waals surface area (Å²) >= 11 is 0. The van der Waals surface area contributed by atoms with Gasteiger partial charge < -0.3 is 18.9 Å². The molecule has 0 aromatic rings.